The quantitative estimate of drug-likeness (QED) is 0.789. The van der Waals surface area contributed by atoms with Crippen molar-refractivity contribution in [2.75, 3.05) is 26.4 Å². The summed E-state index contributed by atoms with van der Waals surface area (Å²) in [4.78, 5) is 4.55. The number of pyridine rings is 1. The molecule has 4 nitrogen and oxygen atoms in total. The topological polar surface area (TPSA) is 43.4 Å². The predicted molar refractivity (Wildman–Crippen MR) is 114 cm³/mol. The molecule has 1 spiro atoms. The average Bonchev–Trinajstić information content (AvgIpc) is 3.18. The van der Waals surface area contributed by atoms with E-state index in [1.165, 1.54) is 17.3 Å². The molecule has 2 saturated heterocycles. The van der Waals surface area contributed by atoms with Crippen LogP contribution in [-0.2, 0) is 21.3 Å². The lowest BCUT2D eigenvalue weighted by atomic mass is 9.66. The van der Waals surface area contributed by atoms with Crippen molar-refractivity contribution in [3.8, 4) is 0 Å². The van der Waals surface area contributed by atoms with E-state index >= 15 is 0 Å². The number of nitrogens with one attached hydrogen (secondary N) is 1. The van der Waals surface area contributed by atoms with Crippen LogP contribution in [0, 0.1) is 5.82 Å². The van der Waals surface area contributed by atoms with E-state index in [1.807, 2.05) is 6.07 Å². The van der Waals surface area contributed by atoms with Gasteiger partial charge in [0.2, 0.25) is 0 Å². The minimum atomic E-state index is -0.276. The Balaban J connectivity index is 1.35. The highest BCUT2D eigenvalue weighted by molar-refractivity contribution is 5.34. The molecular weight excluding hydrogens is 379 g/mol. The second-order valence-electron chi connectivity index (χ2n) is 9.21. The number of aromatic nitrogens is 1. The van der Waals surface area contributed by atoms with Gasteiger partial charge in [-0.05, 0) is 74.8 Å². The Morgan fingerprint density at radius 3 is 2.77 bits per heavy atom. The van der Waals surface area contributed by atoms with Crippen LogP contribution in [0.1, 0.15) is 61.4 Å². The molecule has 30 heavy (non-hydrogen) atoms. The highest BCUT2D eigenvalue weighted by Crippen LogP contribution is 2.47. The highest BCUT2D eigenvalue weighted by Gasteiger charge is 2.48. The van der Waals surface area contributed by atoms with Crippen LogP contribution in [0.25, 0.3) is 0 Å². The molecule has 1 N–H and O–H groups in total. The molecule has 0 bridgehead atoms. The third kappa shape index (κ3) is 3.91. The third-order valence-corrected chi connectivity index (χ3v) is 7.45. The maximum atomic E-state index is 13.6. The minimum absolute atomic E-state index is 0.0889. The van der Waals surface area contributed by atoms with Crippen molar-refractivity contribution < 1.29 is 13.9 Å². The van der Waals surface area contributed by atoms with Gasteiger partial charge in [0.1, 0.15) is 5.82 Å². The van der Waals surface area contributed by atoms with Gasteiger partial charge >= 0.3 is 0 Å². The van der Waals surface area contributed by atoms with E-state index in [-0.39, 0.29) is 16.8 Å². The van der Waals surface area contributed by atoms with E-state index in [9.17, 15) is 4.39 Å². The first-order chi connectivity index (χ1) is 14.7. The summed E-state index contributed by atoms with van der Waals surface area (Å²) in [5, 5.41) is 3.82. The summed E-state index contributed by atoms with van der Waals surface area (Å²) in [6, 6.07) is 12.6. The largest absolute Gasteiger partial charge is 0.381 e. The van der Waals surface area contributed by atoms with Gasteiger partial charge in [0.25, 0.3) is 0 Å². The Morgan fingerprint density at radius 2 is 1.93 bits per heavy atom. The first-order valence-corrected chi connectivity index (χ1v) is 11.3. The highest BCUT2D eigenvalue weighted by atomic mass is 19.1. The monoisotopic (exact) mass is 410 g/mol. The van der Waals surface area contributed by atoms with Crippen LogP contribution in [0.5, 0.6) is 0 Å². The van der Waals surface area contributed by atoms with Crippen molar-refractivity contribution in [1.29, 1.82) is 0 Å². The Hall–Kier alpha value is -1.82. The lowest BCUT2D eigenvalue weighted by Gasteiger charge is -2.49. The van der Waals surface area contributed by atoms with Crippen LogP contribution in [0.2, 0.25) is 0 Å². The summed E-state index contributed by atoms with van der Waals surface area (Å²) in [6.07, 6.45) is 8.38. The minimum Gasteiger partial charge on any atom is -0.381 e. The zero-order chi connectivity index (χ0) is 20.4. The van der Waals surface area contributed by atoms with E-state index in [0.29, 0.717) is 6.04 Å². The second kappa shape index (κ2) is 8.37. The molecule has 1 unspecified atom stereocenters. The summed E-state index contributed by atoms with van der Waals surface area (Å²) < 4.78 is 25.5. The molecular formula is C25H31FN2O2. The lowest BCUT2D eigenvalue weighted by molar-refractivity contribution is -0.154. The van der Waals surface area contributed by atoms with Crippen molar-refractivity contribution in [3.63, 3.8) is 0 Å². The van der Waals surface area contributed by atoms with Crippen LogP contribution in [0.4, 0.5) is 4.39 Å². The molecule has 0 radical (unpaired) electrons. The summed E-state index contributed by atoms with van der Waals surface area (Å²) >= 11 is 0. The molecule has 0 amide bonds. The summed E-state index contributed by atoms with van der Waals surface area (Å²) in [5.41, 5.74) is 3.70. The van der Waals surface area contributed by atoms with Gasteiger partial charge in [-0.25, -0.2) is 4.39 Å². The van der Waals surface area contributed by atoms with Crippen molar-refractivity contribution in [1.82, 2.24) is 10.3 Å². The second-order valence-corrected chi connectivity index (χ2v) is 9.21. The molecule has 2 aromatic rings. The molecule has 0 saturated carbocycles. The molecule has 1 aliphatic carbocycles. The number of hydrogen-bond acceptors (Lipinski definition) is 4. The molecule has 160 valence electrons. The fourth-order valence-electron chi connectivity index (χ4n) is 5.79. The number of nitrogens with zero attached hydrogens (tertiary/aromatic N) is 1. The SMILES string of the molecule is Fc1ccc(C2(CCN[C@H]3CCc4ccccc43)CCOC3(CCOCC3)C2)nc1. The molecule has 1 aromatic heterocycles. The molecule has 2 atom stereocenters. The van der Waals surface area contributed by atoms with Crippen LogP contribution < -0.4 is 5.32 Å². The average molecular weight is 411 g/mol. The van der Waals surface area contributed by atoms with E-state index < -0.39 is 0 Å². The number of halogens is 1. The van der Waals surface area contributed by atoms with Crippen molar-refractivity contribution in [3.05, 3.63) is 65.2 Å². The number of ether oxygens (including phenoxy) is 2. The summed E-state index contributed by atoms with van der Waals surface area (Å²) in [5.74, 6) is -0.276. The summed E-state index contributed by atoms with van der Waals surface area (Å²) in [6.45, 7) is 3.16. The van der Waals surface area contributed by atoms with Crippen molar-refractivity contribution in [2.24, 2.45) is 0 Å². The number of fused-ring (bicyclic) bond motifs is 1. The zero-order valence-corrected chi connectivity index (χ0v) is 17.5. The van der Waals surface area contributed by atoms with Gasteiger partial charge in [0.15, 0.2) is 0 Å². The maximum Gasteiger partial charge on any atom is 0.141 e. The smallest absolute Gasteiger partial charge is 0.141 e. The van der Waals surface area contributed by atoms with Gasteiger partial charge in [0, 0.05) is 37.0 Å². The Labute approximate surface area is 178 Å². The van der Waals surface area contributed by atoms with Gasteiger partial charge in [0.05, 0.1) is 11.8 Å². The fraction of sp³-hybridized carbons (Fsp3) is 0.560. The standard InChI is InChI=1S/C25H31FN2O2/c26-20-6-8-23(28-17-20)24(10-16-30-25(18-24)11-14-29-15-12-25)9-13-27-22-7-5-19-3-1-2-4-21(19)22/h1-4,6,8,17,22,27H,5,7,9-16,18H2/t22-,24?/m0/s1. The van der Waals surface area contributed by atoms with E-state index in [0.717, 1.165) is 77.0 Å². The van der Waals surface area contributed by atoms with Crippen LogP contribution >= 0.6 is 0 Å². The first kappa shape index (κ1) is 20.1. The molecule has 5 heteroatoms. The van der Waals surface area contributed by atoms with Crippen LogP contribution in [0.15, 0.2) is 42.6 Å². The van der Waals surface area contributed by atoms with E-state index in [4.69, 9.17) is 9.47 Å². The first-order valence-electron chi connectivity index (χ1n) is 11.3. The van der Waals surface area contributed by atoms with Crippen LogP contribution in [0.3, 0.4) is 0 Å². The molecule has 3 heterocycles. The van der Waals surface area contributed by atoms with Gasteiger partial charge in [-0.3, -0.25) is 4.98 Å². The zero-order valence-electron chi connectivity index (χ0n) is 17.5. The van der Waals surface area contributed by atoms with Crippen molar-refractivity contribution in [2.45, 2.75) is 62.0 Å². The number of hydrogen-bond donors (Lipinski definition) is 1. The summed E-state index contributed by atoms with van der Waals surface area (Å²) in [7, 11) is 0. The van der Waals surface area contributed by atoms with E-state index in [2.05, 4.69) is 34.6 Å². The Morgan fingerprint density at radius 1 is 1.07 bits per heavy atom. The van der Waals surface area contributed by atoms with Gasteiger partial charge in [-0.1, -0.05) is 24.3 Å². The Bertz CT molecular complexity index is 860. The van der Waals surface area contributed by atoms with Crippen LogP contribution in [-0.4, -0.2) is 37.0 Å². The third-order valence-electron chi connectivity index (χ3n) is 7.45. The maximum absolute atomic E-state index is 13.6. The van der Waals surface area contributed by atoms with E-state index in [1.54, 1.807) is 6.07 Å². The normalized spacial score (nSPS) is 27.8. The number of aryl methyl sites for hydroxylation is 1. The molecule has 3 aliphatic rings. The van der Waals surface area contributed by atoms with Crippen molar-refractivity contribution >= 4 is 0 Å². The molecule has 2 fully saturated rings. The molecule has 1 aromatic carbocycles. The molecule has 5 rings (SSSR count). The lowest BCUT2D eigenvalue weighted by Crippen LogP contribution is -2.51. The predicted octanol–water partition coefficient (Wildman–Crippen LogP) is 4.49. The molecule has 2 aliphatic heterocycles. The Kier molecular flexibility index (Phi) is 5.61. The number of rotatable bonds is 5. The fourth-order valence-corrected chi connectivity index (χ4v) is 5.79. The number of benzene rings is 1. The van der Waals surface area contributed by atoms with Gasteiger partial charge < -0.3 is 14.8 Å². The van der Waals surface area contributed by atoms with Gasteiger partial charge in [-0.15, -0.1) is 0 Å². The van der Waals surface area contributed by atoms with Gasteiger partial charge in [-0.2, -0.15) is 0 Å².